The van der Waals surface area contributed by atoms with Crippen LogP contribution in [-0.2, 0) is 15.8 Å². The molecule has 0 amide bonds. The normalized spacial score (nSPS) is 18.9. The second kappa shape index (κ2) is 7.95. The molecule has 1 aliphatic heterocycles. The van der Waals surface area contributed by atoms with E-state index in [1.807, 2.05) is 12.1 Å². The van der Waals surface area contributed by atoms with E-state index in [9.17, 15) is 0 Å². The van der Waals surface area contributed by atoms with Crippen LogP contribution in [0.25, 0.3) is 0 Å². The molecule has 1 fully saturated rings. The van der Waals surface area contributed by atoms with Gasteiger partial charge in [-0.2, -0.15) is 0 Å². The first kappa shape index (κ1) is 14.9. The summed E-state index contributed by atoms with van der Waals surface area (Å²) in [7, 11) is 4.96. The predicted molar refractivity (Wildman–Crippen MR) is 79.4 cm³/mol. The van der Waals surface area contributed by atoms with Crippen LogP contribution < -0.4 is 4.74 Å². The van der Waals surface area contributed by atoms with Gasteiger partial charge < -0.3 is 14.1 Å². The zero-order valence-electron chi connectivity index (χ0n) is 11.8. The average Bonchev–Trinajstić information content (AvgIpc) is 3.30. The quantitative estimate of drug-likeness (QED) is 0.228. The Labute approximate surface area is 121 Å². The van der Waals surface area contributed by atoms with E-state index >= 15 is 0 Å². The van der Waals surface area contributed by atoms with Crippen LogP contribution in [0.2, 0.25) is 0 Å². The number of nitrogens with zero attached hydrogens (tertiary/aromatic N) is 1. The Bertz CT molecular complexity index is 418. The fourth-order valence-corrected chi connectivity index (χ4v) is 1.97. The van der Waals surface area contributed by atoms with Gasteiger partial charge in [-0.15, -0.1) is 0 Å². The van der Waals surface area contributed by atoms with E-state index in [0.717, 1.165) is 38.2 Å². The van der Waals surface area contributed by atoms with E-state index in [2.05, 4.69) is 28.7 Å². The van der Waals surface area contributed by atoms with Crippen LogP contribution in [0.1, 0.15) is 25.3 Å². The second-order valence-corrected chi connectivity index (χ2v) is 4.88. The summed E-state index contributed by atoms with van der Waals surface area (Å²) in [4.78, 5) is 4.25. The van der Waals surface area contributed by atoms with Gasteiger partial charge in [0.15, 0.2) is 6.40 Å². The zero-order chi connectivity index (χ0) is 14.2. The first-order chi connectivity index (χ1) is 9.83. The molecule has 0 aliphatic carbocycles. The number of unbranched alkanes of at least 4 members (excludes halogenated alkanes) is 1. The number of hydrogen-bond donors (Lipinski definition) is 0. The molecule has 0 N–H and O–H groups in total. The van der Waals surface area contributed by atoms with E-state index in [1.54, 1.807) is 0 Å². The van der Waals surface area contributed by atoms with E-state index in [4.69, 9.17) is 17.5 Å². The van der Waals surface area contributed by atoms with Crippen molar-refractivity contribution in [2.75, 3.05) is 13.2 Å². The maximum atomic E-state index is 5.64. The maximum absolute atomic E-state index is 5.64. The lowest BCUT2D eigenvalue weighted by atomic mass is 10.0. The third kappa shape index (κ3) is 4.89. The van der Waals surface area contributed by atoms with E-state index in [-0.39, 0.29) is 12.1 Å². The van der Waals surface area contributed by atoms with Gasteiger partial charge in [-0.3, -0.25) is 4.99 Å². The van der Waals surface area contributed by atoms with Crippen LogP contribution in [-0.4, -0.2) is 39.8 Å². The van der Waals surface area contributed by atoms with Gasteiger partial charge in [0.1, 0.15) is 11.9 Å². The summed E-state index contributed by atoms with van der Waals surface area (Å²) in [5.41, 5.74) is 1.20. The molecule has 2 radical (unpaired) electrons. The molecule has 1 saturated heterocycles. The molecule has 0 spiro atoms. The van der Waals surface area contributed by atoms with Crippen LogP contribution in [0.15, 0.2) is 29.3 Å². The summed E-state index contributed by atoms with van der Waals surface area (Å²) >= 11 is 0. The Kier molecular flexibility index (Phi) is 5.93. The fourth-order valence-electron chi connectivity index (χ4n) is 1.97. The van der Waals surface area contributed by atoms with Crippen molar-refractivity contribution >= 4 is 14.4 Å². The van der Waals surface area contributed by atoms with Crippen LogP contribution >= 0.6 is 0 Å². The highest BCUT2D eigenvalue weighted by Crippen LogP contribution is 2.22. The van der Waals surface area contributed by atoms with Crippen molar-refractivity contribution < 1.29 is 14.1 Å². The summed E-state index contributed by atoms with van der Waals surface area (Å²) in [6.07, 6.45) is 4.48. The molecule has 106 valence electrons. The Morgan fingerprint density at radius 2 is 2.20 bits per heavy atom. The van der Waals surface area contributed by atoms with Crippen molar-refractivity contribution in [3.8, 4) is 5.75 Å². The molecule has 0 saturated carbocycles. The highest BCUT2D eigenvalue weighted by atomic mass is 16.6. The molecule has 0 aromatic heterocycles. The minimum Gasteiger partial charge on any atom is -0.560 e. The zero-order valence-corrected chi connectivity index (χ0v) is 11.8. The molecule has 1 heterocycles. The molecule has 1 aliphatic rings. The van der Waals surface area contributed by atoms with Crippen molar-refractivity contribution in [2.45, 2.75) is 38.3 Å². The van der Waals surface area contributed by atoms with Crippen LogP contribution in [0.4, 0.5) is 0 Å². The highest BCUT2D eigenvalue weighted by Gasteiger charge is 2.32. The minimum absolute atomic E-state index is 0.0606. The number of epoxide rings is 1. The van der Waals surface area contributed by atoms with Crippen molar-refractivity contribution in [2.24, 2.45) is 4.99 Å². The second-order valence-electron chi connectivity index (χ2n) is 4.88. The van der Waals surface area contributed by atoms with Crippen LogP contribution in [0.5, 0.6) is 5.75 Å². The number of benzene rings is 1. The van der Waals surface area contributed by atoms with Gasteiger partial charge >= 0.3 is 8.05 Å². The van der Waals surface area contributed by atoms with Gasteiger partial charge in [-0.05, 0) is 30.5 Å². The minimum atomic E-state index is 0.0606. The van der Waals surface area contributed by atoms with E-state index in [1.165, 1.54) is 12.0 Å². The standard InChI is InChI=1S/C15H20BNO3/c1-2-3-8-18-13-6-4-12(5-7-13)9-14(15-10-19-15)17-11-20-16/h4-7,11,14-15H,2-3,8-10H2,1H3/t14-,15+/m0/s1. The van der Waals surface area contributed by atoms with Gasteiger partial charge in [0.25, 0.3) is 0 Å². The fraction of sp³-hybridized carbons (Fsp3) is 0.533. The molecule has 1 aromatic rings. The molecule has 4 nitrogen and oxygen atoms in total. The Morgan fingerprint density at radius 1 is 1.45 bits per heavy atom. The summed E-state index contributed by atoms with van der Waals surface area (Å²) < 4.78 is 15.3. The number of ether oxygens (including phenoxy) is 2. The molecule has 5 heteroatoms. The Hall–Kier alpha value is -1.49. The lowest BCUT2D eigenvalue weighted by molar-refractivity contribution is 0.309. The lowest BCUT2D eigenvalue weighted by Gasteiger charge is -2.10. The van der Waals surface area contributed by atoms with Crippen LogP contribution in [0, 0.1) is 0 Å². The lowest BCUT2D eigenvalue weighted by Crippen LogP contribution is -2.16. The summed E-state index contributed by atoms with van der Waals surface area (Å²) in [6.45, 7) is 3.68. The van der Waals surface area contributed by atoms with Gasteiger partial charge in [0.2, 0.25) is 0 Å². The Balaban J connectivity index is 1.86. The van der Waals surface area contributed by atoms with Crippen molar-refractivity contribution in [1.29, 1.82) is 0 Å². The largest absolute Gasteiger partial charge is 0.560 e. The summed E-state index contributed by atoms with van der Waals surface area (Å²) in [5, 5.41) is 0. The van der Waals surface area contributed by atoms with Crippen LogP contribution in [0.3, 0.4) is 0 Å². The number of aliphatic imine (C=N–C) groups is 1. The van der Waals surface area contributed by atoms with Gasteiger partial charge in [0, 0.05) is 0 Å². The molecular weight excluding hydrogens is 253 g/mol. The third-order valence-electron chi connectivity index (χ3n) is 3.24. The summed E-state index contributed by atoms with van der Waals surface area (Å²) in [5.74, 6) is 0.912. The maximum Gasteiger partial charge on any atom is 0.375 e. The SMILES string of the molecule is [B]OC=N[C@@H](Cc1ccc(OCCCC)cc1)[C@H]1CO1. The van der Waals surface area contributed by atoms with Gasteiger partial charge in [-0.25, -0.2) is 0 Å². The average molecular weight is 273 g/mol. The molecule has 0 unspecified atom stereocenters. The topological polar surface area (TPSA) is 43.4 Å². The first-order valence-corrected chi connectivity index (χ1v) is 7.04. The van der Waals surface area contributed by atoms with Gasteiger partial charge in [-0.1, -0.05) is 25.5 Å². The van der Waals surface area contributed by atoms with Crippen molar-refractivity contribution in [3.63, 3.8) is 0 Å². The predicted octanol–water partition coefficient (Wildman–Crippen LogP) is 2.30. The van der Waals surface area contributed by atoms with E-state index < -0.39 is 0 Å². The molecular formula is C15H20BNO3. The molecule has 1 aromatic carbocycles. The monoisotopic (exact) mass is 273 g/mol. The number of hydrogen-bond acceptors (Lipinski definition) is 4. The Morgan fingerprint density at radius 3 is 2.80 bits per heavy atom. The smallest absolute Gasteiger partial charge is 0.375 e. The molecule has 0 bridgehead atoms. The molecule has 2 atom stereocenters. The van der Waals surface area contributed by atoms with Crippen molar-refractivity contribution in [1.82, 2.24) is 0 Å². The molecule has 2 rings (SSSR count). The van der Waals surface area contributed by atoms with Gasteiger partial charge in [0.05, 0.1) is 19.3 Å². The highest BCUT2D eigenvalue weighted by molar-refractivity contribution is 6.02. The molecule has 20 heavy (non-hydrogen) atoms. The van der Waals surface area contributed by atoms with Crippen molar-refractivity contribution in [3.05, 3.63) is 29.8 Å². The van der Waals surface area contributed by atoms with E-state index in [0.29, 0.717) is 0 Å². The number of rotatable bonds is 9. The summed E-state index contributed by atoms with van der Waals surface area (Å²) in [6, 6.07) is 8.19. The first-order valence-electron chi connectivity index (χ1n) is 7.04. The third-order valence-corrected chi connectivity index (χ3v) is 3.24.